The van der Waals surface area contributed by atoms with E-state index in [0.717, 1.165) is 93.3 Å². The van der Waals surface area contributed by atoms with Crippen molar-refractivity contribution < 1.29 is 9.59 Å². The number of fused-ring (bicyclic) bond motifs is 2. The number of carbonyl (C=O) groups excluding carboxylic acids is 2. The molecule has 0 unspecified atom stereocenters. The van der Waals surface area contributed by atoms with Crippen LogP contribution in [0.15, 0.2) is 49.1 Å². The van der Waals surface area contributed by atoms with Crippen LogP contribution < -0.4 is 9.80 Å². The molecule has 240 valence electrons. The number of nitrogens with one attached hydrogen (secondary N) is 2. The maximum Gasteiger partial charge on any atom is 0.243 e. The minimum Gasteiger partial charge on any atom is -0.367 e. The van der Waals surface area contributed by atoms with Crippen LogP contribution in [-0.4, -0.2) is 91.9 Å². The number of carbonyl (C=O) groups is 2. The Bertz CT molecular complexity index is 1940. The minimum absolute atomic E-state index is 0.0172. The molecule has 9 rings (SSSR count). The Morgan fingerprint density at radius 2 is 1.28 bits per heavy atom. The number of rotatable bonds is 5. The summed E-state index contributed by atoms with van der Waals surface area (Å²) in [5.41, 5.74) is 3.39. The molecule has 5 fully saturated rings. The van der Waals surface area contributed by atoms with E-state index in [4.69, 9.17) is 5.26 Å². The second kappa shape index (κ2) is 11.0. The first kappa shape index (κ1) is 29.3. The molecule has 12 heteroatoms. The summed E-state index contributed by atoms with van der Waals surface area (Å²) in [6.45, 7) is 4.79. The predicted octanol–water partition coefficient (Wildman–Crippen LogP) is 4.10. The van der Waals surface area contributed by atoms with Gasteiger partial charge >= 0.3 is 0 Å². The number of H-pyrrole nitrogens is 2. The third-order valence-electron chi connectivity index (χ3n) is 10.9. The molecule has 2 amide bonds. The first-order valence-corrected chi connectivity index (χ1v) is 16.7. The van der Waals surface area contributed by atoms with Crippen molar-refractivity contribution in [1.29, 1.82) is 10.5 Å². The van der Waals surface area contributed by atoms with Gasteiger partial charge in [-0.3, -0.25) is 9.59 Å². The summed E-state index contributed by atoms with van der Waals surface area (Å²) in [6, 6.07) is 12.6. The molecule has 0 radical (unpaired) electrons. The third kappa shape index (κ3) is 5.03. The number of nitriles is 2. The van der Waals surface area contributed by atoms with Gasteiger partial charge in [-0.05, 0) is 62.8 Å². The fourth-order valence-corrected chi connectivity index (χ4v) is 7.72. The highest BCUT2D eigenvalue weighted by atomic mass is 16.2. The molecule has 2 saturated heterocycles. The summed E-state index contributed by atoms with van der Waals surface area (Å²) < 4.78 is 0. The fourth-order valence-electron chi connectivity index (χ4n) is 7.72. The Balaban J connectivity index is 0.000000138. The van der Waals surface area contributed by atoms with E-state index in [1.807, 2.05) is 34.6 Å². The predicted molar refractivity (Wildman–Crippen MR) is 176 cm³/mol. The lowest BCUT2D eigenvalue weighted by atomic mass is 10.0. The maximum atomic E-state index is 12.9. The van der Waals surface area contributed by atoms with E-state index in [1.54, 1.807) is 0 Å². The summed E-state index contributed by atoms with van der Waals surface area (Å²) in [5, 5.41) is 20.3. The van der Waals surface area contributed by atoms with Crippen LogP contribution in [0.4, 0.5) is 11.4 Å². The lowest BCUT2D eigenvalue weighted by Crippen LogP contribution is -2.58. The molecule has 12 nitrogen and oxygen atoms in total. The summed E-state index contributed by atoms with van der Waals surface area (Å²) in [5.74, 6) is 0.203. The maximum absolute atomic E-state index is 12.9. The van der Waals surface area contributed by atoms with Gasteiger partial charge in [0.25, 0.3) is 0 Å². The molecule has 4 aromatic heterocycles. The van der Waals surface area contributed by atoms with E-state index in [-0.39, 0.29) is 22.9 Å². The van der Waals surface area contributed by atoms with E-state index < -0.39 is 5.41 Å². The van der Waals surface area contributed by atoms with Gasteiger partial charge in [0.1, 0.15) is 16.7 Å². The Labute approximate surface area is 272 Å². The van der Waals surface area contributed by atoms with Gasteiger partial charge in [0, 0.05) is 99.0 Å². The van der Waals surface area contributed by atoms with Crippen LogP contribution in [0, 0.1) is 28.1 Å². The Morgan fingerprint density at radius 3 is 1.77 bits per heavy atom. The molecule has 2 aliphatic heterocycles. The number of aromatic amines is 2. The topological polar surface area (TPSA) is 152 Å². The van der Waals surface area contributed by atoms with Gasteiger partial charge < -0.3 is 29.6 Å². The van der Waals surface area contributed by atoms with Crippen LogP contribution in [0.1, 0.15) is 51.4 Å². The zero-order chi connectivity index (χ0) is 32.2. The van der Waals surface area contributed by atoms with Gasteiger partial charge in [0.15, 0.2) is 0 Å². The highest BCUT2D eigenvalue weighted by Gasteiger charge is 2.60. The van der Waals surface area contributed by atoms with Gasteiger partial charge in [-0.2, -0.15) is 10.5 Å². The van der Waals surface area contributed by atoms with Crippen LogP contribution in [0.5, 0.6) is 0 Å². The van der Waals surface area contributed by atoms with Gasteiger partial charge in [-0.25, -0.2) is 9.97 Å². The zero-order valence-electron chi connectivity index (χ0n) is 26.4. The Hall–Kier alpha value is -5.10. The Kier molecular flexibility index (Phi) is 6.87. The summed E-state index contributed by atoms with van der Waals surface area (Å²) in [6.07, 6.45) is 13.8. The number of amides is 2. The van der Waals surface area contributed by atoms with Gasteiger partial charge in [0.2, 0.25) is 11.8 Å². The summed E-state index contributed by atoms with van der Waals surface area (Å²) in [7, 11) is 0. The van der Waals surface area contributed by atoms with Crippen LogP contribution in [-0.2, 0) is 9.59 Å². The van der Waals surface area contributed by atoms with E-state index >= 15 is 0 Å². The van der Waals surface area contributed by atoms with E-state index in [9.17, 15) is 14.9 Å². The molecule has 3 saturated carbocycles. The normalized spacial score (nSPS) is 21.2. The minimum atomic E-state index is -0.706. The first-order chi connectivity index (χ1) is 22.9. The second-order valence-corrected chi connectivity index (χ2v) is 13.8. The molecule has 47 heavy (non-hydrogen) atoms. The van der Waals surface area contributed by atoms with Gasteiger partial charge in [-0.1, -0.05) is 0 Å². The van der Waals surface area contributed by atoms with Crippen LogP contribution in [0.2, 0.25) is 0 Å². The standard InChI is InChI=1S/C18H19N5O.C17H19N5O/c19-11-17(3-4-17)16(24)23-10-9-22(12-18(23)5-6-18)14-2-8-21-15-13(14)1-7-20-15;18-7-1-2-15(23)22-11-10-21(12-17(22)5-6-17)14-4-9-20-16-13(14)3-8-19-16/h1-2,7-8H,3-6,9-10,12H2,(H,20,21);3-4,8-9H,1-2,5-6,10-12H2,(H,19,20). The lowest BCUT2D eigenvalue weighted by molar-refractivity contribution is -0.138. The van der Waals surface area contributed by atoms with Crippen molar-refractivity contribution in [3.8, 4) is 12.1 Å². The van der Waals surface area contributed by atoms with E-state index in [0.29, 0.717) is 19.4 Å². The van der Waals surface area contributed by atoms with Crippen molar-refractivity contribution in [2.24, 2.45) is 5.41 Å². The average Bonchev–Trinajstić information content (AvgIpc) is 4.07. The van der Waals surface area contributed by atoms with Crippen molar-refractivity contribution in [2.45, 2.75) is 62.4 Å². The van der Waals surface area contributed by atoms with Crippen molar-refractivity contribution in [2.75, 3.05) is 49.1 Å². The average molecular weight is 631 g/mol. The number of aromatic nitrogens is 4. The summed E-state index contributed by atoms with van der Waals surface area (Å²) >= 11 is 0. The third-order valence-corrected chi connectivity index (χ3v) is 10.9. The van der Waals surface area contributed by atoms with Gasteiger partial charge in [-0.15, -0.1) is 0 Å². The molecular weight excluding hydrogens is 592 g/mol. The SMILES string of the molecule is N#CC1(C(=O)N2CCN(c3ccnc4[nH]ccc34)CC23CC3)CC1.N#CCCC(=O)N1CCN(c2ccnc3[nH]ccc23)CC12CC2. The number of nitrogens with zero attached hydrogens (tertiary/aromatic N) is 8. The van der Waals surface area contributed by atoms with Crippen molar-refractivity contribution in [1.82, 2.24) is 29.7 Å². The van der Waals surface area contributed by atoms with E-state index in [1.165, 1.54) is 11.4 Å². The van der Waals surface area contributed by atoms with Gasteiger partial charge in [0.05, 0.1) is 23.2 Å². The molecule has 2 spiro atoms. The van der Waals surface area contributed by atoms with Crippen molar-refractivity contribution in [3.05, 3.63) is 49.1 Å². The number of hydrogen-bond acceptors (Lipinski definition) is 8. The smallest absolute Gasteiger partial charge is 0.243 e. The van der Waals surface area contributed by atoms with Crippen LogP contribution in [0.25, 0.3) is 22.1 Å². The van der Waals surface area contributed by atoms with Crippen LogP contribution in [0.3, 0.4) is 0 Å². The number of piperazine rings is 2. The molecule has 5 aliphatic rings. The quantitative estimate of drug-likeness (QED) is 0.335. The molecule has 2 N–H and O–H groups in total. The number of anilines is 2. The molecule has 0 aromatic carbocycles. The number of pyridine rings is 2. The molecule has 3 aliphatic carbocycles. The Morgan fingerprint density at radius 1 is 0.745 bits per heavy atom. The lowest BCUT2D eigenvalue weighted by Gasteiger charge is -2.44. The highest BCUT2D eigenvalue weighted by molar-refractivity contribution is 5.92. The monoisotopic (exact) mass is 630 g/mol. The molecule has 6 heterocycles. The molecule has 4 aromatic rings. The molecular formula is C35H38N10O2. The van der Waals surface area contributed by atoms with E-state index in [2.05, 4.69) is 66.1 Å². The fraction of sp³-hybridized carbons (Fsp3) is 0.486. The molecule has 0 atom stereocenters. The van der Waals surface area contributed by atoms with Crippen molar-refractivity contribution in [3.63, 3.8) is 0 Å². The zero-order valence-corrected chi connectivity index (χ0v) is 26.4. The van der Waals surface area contributed by atoms with Crippen LogP contribution >= 0.6 is 0 Å². The largest absolute Gasteiger partial charge is 0.367 e. The second-order valence-electron chi connectivity index (χ2n) is 13.8. The first-order valence-electron chi connectivity index (χ1n) is 16.7. The highest BCUT2D eigenvalue weighted by Crippen LogP contribution is 2.52. The van der Waals surface area contributed by atoms with Crippen molar-refractivity contribution >= 4 is 45.3 Å². The number of hydrogen-bond donors (Lipinski definition) is 2. The summed E-state index contributed by atoms with van der Waals surface area (Å²) in [4.78, 5) is 49.0. The molecule has 0 bridgehead atoms.